The molecule has 1 fully saturated rings. The summed E-state index contributed by atoms with van der Waals surface area (Å²) in [6, 6.07) is 1.33. The van der Waals surface area contributed by atoms with Crippen LogP contribution < -0.4 is 5.73 Å². The number of rotatable bonds is 3. The summed E-state index contributed by atoms with van der Waals surface area (Å²) in [5.74, 6) is 2.26. The molecule has 1 aliphatic heterocycles. The van der Waals surface area contributed by atoms with E-state index in [9.17, 15) is 0 Å². The third-order valence-electron chi connectivity index (χ3n) is 4.36. The maximum absolute atomic E-state index is 5.77. The summed E-state index contributed by atoms with van der Waals surface area (Å²) >= 11 is 0. The Kier molecular flexibility index (Phi) is 4.60. The van der Waals surface area contributed by atoms with Crippen LogP contribution in [0, 0.1) is 17.8 Å². The molecule has 1 saturated heterocycles. The van der Waals surface area contributed by atoms with Gasteiger partial charge in [-0.1, -0.05) is 20.8 Å². The van der Waals surface area contributed by atoms with Crippen molar-refractivity contribution in [3.8, 4) is 0 Å². The van der Waals surface area contributed by atoms with Crippen LogP contribution in [0.25, 0.3) is 0 Å². The first kappa shape index (κ1) is 13.0. The largest absolute Gasteiger partial charge is 0.330 e. The lowest BCUT2D eigenvalue weighted by atomic mass is 9.84. The molecular formula is C13H28N2. The molecule has 1 rings (SSSR count). The van der Waals surface area contributed by atoms with E-state index in [1.165, 1.54) is 13.0 Å². The molecule has 90 valence electrons. The van der Waals surface area contributed by atoms with Crippen molar-refractivity contribution in [1.29, 1.82) is 0 Å². The van der Waals surface area contributed by atoms with Gasteiger partial charge >= 0.3 is 0 Å². The van der Waals surface area contributed by atoms with E-state index in [0.717, 1.165) is 18.4 Å². The molecule has 0 spiro atoms. The van der Waals surface area contributed by atoms with E-state index < -0.39 is 0 Å². The van der Waals surface area contributed by atoms with E-state index in [2.05, 4.69) is 39.5 Å². The lowest BCUT2D eigenvalue weighted by Gasteiger charge is -2.46. The molecule has 1 heterocycles. The maximum atomic E-state index is 5.77. The maximum Gasteiger partial charge on any atom is 0.0108 e. The van der Waals surface area contributed by atoms with Crippen molar-refractivity contribution < 1.29 is 0 Å². The molecule has 2 nitrogen and oxygen atoms in total. The second kappa shape index (κ2) is 5.31. The predicted octanol–water partition coefficient (Wildman–Crippen LogP) is 2.34. The average Bonchev–Trinajstić information content (AvgIpc) is 2.21. The molecule has 0 aliphatic carbocycles. The summed E-state index contributed by atoms with van der Waals surface area (Å²) in [5, 5.41) is 0. The van der Waals surface area contributed by atoms with Crippen molar-refractivity contribution in [2.75, 3.05) is 13.1 Å². The standard InChI is InChI=1S/C13H28N2/c1-9-6-10(2)12(4)15(8-9)13(5)11(3)7-14/h9-13H,6-8,14H2,1-5H3. The molecule has 0 radical (unpaired) electrons. The third-order valence-corrected chi connectivity index (χ3v) is 4.36. The molecule has 5 unspecified atom stereocenters. The van der Waals surface area contributed by atoms with Gasteiger partial charge in [0, 0.05) is 18.6 Å². The van der Waals surface area contributed by atoms with Gasteiger partial charge in [-0.15, -0.1) is 0 Å². The van der Waals surface area contributed by atoms with Crippen LogP contribution in [0.3, 0.4) is 0 Å². The fourth-order valence-electron chi connectivity index (χ4n) is 2.82. The van der Waals surface area contributed by atoms with Crippen LogP contribution in [-0.2, 0) is 0 Å². The van der Waals surface area contributed by atoms with Crippen molar-refractivity contribution in [2.45, 2.75) is 53.1 Å². The van der Waals surface area contributed by atoms with Crippen molar-refractivity contribution >= 4 is 0 Å². The van der Waals surface area contributed by atoms with Crippen LogP contribution in [0.1, 0.15) is 41.0 Å². The van der Waals surface area contributed by atoms with Crippen molar-refractivity contribution in [3.63, 3.8) is 0 Å². The Morgan fingerprint density at radius 3 is 2.40 bits per heavy atom. The fourth-order valence-corrected chi connectivity index (χ4v) is 2.82. The molecule has 0 saturated carbocycles. The van der Waals surface area contributed by atoms with Gasteiger partial charge in [-0.05, 0) is 44.6 Å². The smallest absolute Gasteiger partial charge is 0.0108 e. The minimum Gasteiger partial charge on any atom is -0.330 e. The Labute approximate surface area is 95.2 Å². The summed E-state index contributed by atoms with van der Waals surface area (Å²) in [7, 11) is 0. The molecule has 15 heavy (non-hydrogen) atoms. The normalized spacial score (nSPS) is 37.6. The molecule has 0 aromatic carbocycles. The van der Waals surface area contributed by atoms with Gasteiger partial charge in [0.05, 0.1) is 0 Å². The Hall–Kier alpha value is -0.0800. The second-order valence-electron chi connectivity index (χ2n) is 5.71. The SMILES string of the molecule is CC1CC(C)C(C)N(C(C)C(C)CN)C1. The number of nitrogens with two attached hydrogens (primary N) is 1. The zero-order valence-electron chi connectivity index (χ0n) is 11.0. The van der Waals surface area contributed by atoms with Gasteiger partial charge in [0.15, 0.2) is 0 Å². The highest BCUT2D eigenvalue weighted by Gasteiger charge is 2.32. The molecule has 0 amide bonds. The molecule has 0 aromatic heterocycles. The summed E-state index contributed by atoms with van der Waals surface area (Å²) < 4.78 is 0. The molecule has 2 N–H and O–H groups in total. The monoisotopic (exact) mass is 212 g/mol. The van der Waals surface area contributed by atoms with Crippen molar-refractivity contribution in [2.24, 2.45) is 23.5 Å². The molecule has 0 bridgehead atoms. The van der Waals surface area contributed by atoms with Gasteiger partial charge in [0.1, 0.15) is 0 Å². The Morgan fingerprint density at radius 1 is 1.27 bits per heavy atom. The van der Waals surface area contributed by atoms with Gasteiger partial charge in [-0.3, -0.25) is 4.90 Å². The molecule has 2 heteroatoms. The van der Waals surface area contributed by atoms with Crippen LogP contribution in [0.2, 0.25) is 0 Å². The average molecular weight is 212 g/mol. The lowest BCUT2D eigenvalue weighted by molar-refractivity contribution is 0.0283. The second-order valence-corrected chi connectivity index (χ2v) is 5.71. The summed E-state index contributed by atoms with van der Waals surface area (Å²) in [6.07, 6.45) is 1.38. The minimum absolute atomic E-state index is 0.602. The van der Waals surface area contributed by atoms with E-state index in [1.54, 1.807) is 0 Å². The van der Waals surface area contributed by atoms with Crippen molar-refractivity contribution in [1.82, 2.24) is 4.90 Å². The van der Waals surface area contributed by atoms with E-state index in [-0.39, 0.29) is 0 Å². The number of hydrogen-bond donors (Lipinski definition) is 1. The summed E-state index contributed by atoms with van der Waals surface area (Å²) in [5.41, 5.74) is 5.77. The fraction of sp³-hybridized carbons (Fsp3) is 1.00. The van der Waals surface area contributed by atoms with Crippen LogP contribution in [0.15, 0.2) is 0 Å². The highest BCUT2D eigenvalue weighted by Crippen LogP contribution is 2.29. The number of likely N-dealkylation sites (tertiary alicyclic amines) is 1. The van der Waals surface area contributed by atoms with E-state index in [0.29, 0.717) is 18.0 Å². The van der Waals surface area contributed by atoms with Gasteiger partial charge in [0.2, 0.25) is 0 Å². The van der Waals surface area contributed by atoms with Gasteiger partial charge in [-0.25, -0.2) is 0 Å². The minimum atomic E-state index is 0.602. The van der Waals surface area contributed by atoms with Crippen LogP contribution in [0.4, 0.5) is 0 Å². The first-order valence-corrected chi connectivity index (χ1v) is 6.43. The van der Waals surface area contributed by atoms with Crippen LogP contribution >= 0.6 is 0 Å². The number of nitrogens with zero attached hydrogens (tertiary/aromatic N) is 1. The van der Waals surface area contributed by atoms with Crippen LogP contribution in [-0.4, -0.2) is 30.1 Å². The Morgan fingerprint density at radius 2 is 1.87 bits per heavy atom. The van der Waals surface area contributed by atoms with Gasteiger partial charge in [-0.2, -0.15) is 0 Å². The highest BCUT2D eigenvalue weighted by molar-refractivity contribution is 4.86. The zero-order valence-corrected chi connectivity index (χ0v) is 11.0. The van der Waals surface area contributed by atoms with E-state index in [1.807, 2.05) is 0 Å². The van der Waals surface area contributed by atoms with E-state index in [4.69, 9.17) is 5.73 Å². The first-order chi connectivity index (χ1) is 6.97. The zero-order chi connectivity index (χ0) is 11.6. The molecule has 1 aliphatic rings. The Balaban J connectivity index is 2.65. The van der Waals surface area contributed by atoms with Crippen molar-refractivity contribution in [3.05, 3.63) is 0 Å². The van der Waals surface area contributed by atoms with E-state index >= 15 is 0 Å². The molecule has 5 atom stereocenters. The molecular weight excluding hydrogens is 184 g/mol. The summed E-state index contributed by atoms with van der Waals surface area (Å²) in [4.78, 5) is 2.66. The van der Waals surface area contributed by atoms with Gasteiger partial charge < -0.3 is 5.73 Å². The number of hydrogen-bond acceptors (Lipinski definition) is 2. The molecule has 0 aromatic rings. The highest BCUT2D eigenvalue weighted by atomic mass is 15.2. The third kappa shape index (κ3) is 2.94. The predicted molar refractivity (Wildman–Crippen MR) is 66.8 cm³/mol. The Bertz CT molecular complexity index is 193. The topological polar surface area (TPSA) is 29.3 Å². The van der Waals surface area contributed by atoms with Crippen LogP contribution in [0.5, 0.6) is 0 Å². The summed E-state index contributed by atoms with van der Waals surface area (Å²) in [6.45, 7) is 13.8. The lowest BCUT2D eigenvalue weighted by Crippen LogP contribution is -2.52. The quantitative estimate of drug-likeness (QED) is 0.778. The number of piperidine rings is 1. The first-order valence-electron chi connectivity index (χ1n) is 6.43. The van der Waals surface area contributed by atoms with Gasteiger partial charge in [0.25, 0.3) is 0 Å².